The quantitative estimate of drug-likeness (QED) is 0.429. The maximum Gasteiger partial charge on any atom is 0.137 e. The molecule has 2 aromatic heterocycles. The molecule has 0 spiro atoms. The minimum Gasteiger partial charge on any atom is -0.398 e. The fraction of sp³-hybridized carbons (Fsp3) is 0.296. The highest BCUT2D eigenvalue weighted by Crippen LogP contribution is 2.30. The van der Waals surface area contributed by atoms with Crippen LogP contribution in [0.2, 0.25) is 0 Å². The maximum atomic E-state index is 6.13. The monoisotopic (exact) mass is 412 g/mol. The van der Waals surface area contributed by atoms with Gasteiger partial charge in [-0.15, -0.1) is 0 Å². The smallest absolute Gasteiger partial charge is 0.137 e. The second kappa shape index (κ2) is 8.56. The van der Waals surface area contributed by atoms with Gasteiger partial charge in [-0.3, -0.25) is 4.90 Å². The van der Waals surface area contributed by atoms with Crippen LogP contribution in [0, 0.1) is 0 Å². The molecule has 0 aliphatic carbocycles. The summed E-state index contributed by atoms with van der Waals surface area (Å²) < 4.78 is 2.15. The van der Waals surface area contributed by atoms with Crippen molar-refractivity contribution in [3.8, 4) is 11.3 Å². The van der Waals surface area contributed by atoms with E-state index in [4.69, 9.17) is 10.7 Å². The average Bonchev–Trinajstić information content (AvgIpc) is 3.11. The minimum absolute atomic E-state index is 0.128. The molecular weight excluding hydrogens is 380 g/mol. The largest absolute Gasteiger partial charge is 0.398 e. The van der Waals surface area contributed by atoms with Gasteiger partial charge >= 0.3 is 0 Å². The number of imidazole rings is 1. The van der Waals surface area contributed by atoms with Crippen LogP contribution >= 0.6 is 0 Å². The van der Waals surface area contributed by atoms with Crippen molar-refractivity contribution in [2.75, 3.05) is 12.3 Å². The summed E-state index contributed by atoms with van der Waals surface area (Å²) >= 11 is 0. The van der Waals surface area contributed by atoms with E-state index >= 15 is 0 Å². The topological polar surface area (TPSA) is 46.6 Å². The molecule has 2 heterocycles. The Labute approximate surface area is 185 Å². The lowest BCUT2D eigenvalue weighted by Crippen LogP contribution is -2.23. The number of fused-ring (bicyclic) bond motifs is 1. The Hall–Kier alpha value is -3.11. The number of rotatable bonds is 6. The summed E-state index contributed by atoms with van der Waals surface area (Å²) in [6.45, 7) is 11.6. The third-order valence-corrected chi connectivity index (χ3v) is 5.83. The normalized spacial score (nSPS) is 12.0. The van der Waals surface area contributed by atoms with Gasteiger partial charge in [-0.25, -0.2) is 4.98 Å². The van der Waals surface area contributed by atoms with Crippen LogP contribution < -0.4 is 5.73 Å². The van der Waals surface area contributed by atoms with Crippen LogP contribution in [0.3, 0.4) is 0 Å². The highest BCUT2D eigenvalue weighted by Gasteiger charge is 2.19. The Bertz CT molecular complexity index is 1150. The van der Waals surface area contributed by atoms with E-state index in [1.165, 1.54) is 16.8 Å². The average molecular weight is 413 g/mol. The van der Waals surface area contributed by atoms with Gasteiger partial charge in [0.15, 0.2) is 0 Å². The Morgan fingerprint density at radius 1 is 0.903 bits per heavy atom. The number of hydrogen-bond donors (Lipinski definition) is 1. The molecule has 0 amide bonds. The molecule has 4 heteroatoms. The first-order valence-electron chi connectivity index (χ1n) is 11.0. The Morgan fingerprint density at radius 2 is 1.61 bits per heavy atom. The van der Waals surface area contributed by atoms with Gasteiger partial charge < -0.3 is 10.1 Å². The first kappa shape index (κ1) is 21.1. The molecule has 160 valence electrons. The van der Waals surface area contributed by atoms with Crippen LogP contribution in [0.4, 0.5) is 5.69 Å². The van der Waals surface area contributed by atoms with Gasteiger partial charge in [0, 0.05) is 30.5 Å². The van der Waals surface area contributed by atoms with Crippen LogP contribution in [-0.4, -0.2) is 20.8 Å². The molecule has 0 aliphatic heterocycles. The van der Waals surface area contributed by atoms with Crippen LogP contribution in [0.5, 0.6) is 0 Å². The number of nitrogen functional groups attached to an aromatic ring is 1. The van der Waals surface area contributed by atoms with Gasteiger partial charge in [0.1, 0.15) is 5.65 Å². The van der Waals surface area contributed by atoms with Gasteiger partial charge in [-0.2, -0.15) is 0 Å². The fourth-order valence-electron chi connectivity index (χ4n) is 3.95. The summed E-state index contributed by atoms with van der Waals surface area (Å²) in [7, 11) is 0. The molecule has 0 radical (unpaired) electrons. The highest BCUT2D eigenvalue weighted by molar-refractivity contribution is 5.68. The van der Waals surface area contributed by atoms with E-state index in [-0.39, 0.29) is 5.41 Å². The lowest BCUT2D eigenvalue weighted by Gasteiger charge is -2.21. The SMILES string of the molecule is CCN(Cc1ccccc1)Cc1c(-c2ccc(C(C)(C)C)cc2)nc2ccc(N)cn12. The van der Waals surface area contributed by atoms with Crippen molar-refractivity contribution < 1.29 is 0 Å². The zero-order valence-electron chi connectivity index (χ0n) is 19.0. The molecule has 2 N–H and O–H groups in total. The lowest BCUT2D eigenvalue weighted by atomic mass is 9.86. The summed E-state index contributed by atoms with van der Waals surface area (Å²) in [4.78, 5) is 7.43. The minimum atomic E-state index is 0.128. The van der Waals surface area contributed by atoms with Gasteiger partial charge in [0.2, 0.25) is 0 Å². The van der Waals surface area contributed by atoms with Crippen LogP contribution in [0.1, 0.15) is 44.5 Å². The van der Waals surface area contributed by atoms with Crippen molar-refractivity contribution in [3.05, 3.63) is 89.7 Å². The van der Waals surface area contributed by atoms with Crippen molar-refractivity contribution in [2.45, 2.75) is 46.2 Å². The maximum absolute atomic E-state index is 6.13. The first-order valence-corrected chi connectivity index (χ1v) is 11.0. The lowest BCUT2D eigenvalue weighted by molar-refractivity contribution is 0.268. The number of pyridine rings is 1. The van der Waals surface area contributed by atoms with Crippen LogP contribution in [0.15, 0.2) is 72.9 Å². The van der Waals surface area contributed by atoms with Gasteiger partial charge in [-0.05, 0) is 35.2 Å². The Kier molecular flexibility index (Phi) is 5.84. The molecule has 31 heavy (non-hydrogen) atoms. The van der Waals surface area contributed by atoms with Gasteiger partial charge in [-0.1, -0.05) is 82.3 Å². The third kappa shape index (κ3) is 4.64. The fourth-order valence-corrected chi connectivity index (χ4v) is 3.95. The Balaban J connectivity index is 1.75. The molecule has 2 aromatic carbocycles. The number of nitrogens with two attached hydrogens (primary N) is 1. The predicted octanol–water partition coefficient (Wildman–Crippen LogP) is 5.90. The molecule has 4 nitrogen and oxygen atoms in total. The van der Waals surface area contributed by atoms with Crippen molar-refractivity contribution >= 4 is 11.3 Å². The molecule has 0 unspecified atom stereocenters. The van der Waals surface area contributed by atoms with Crippen molar-refractivity contribution in [1.82, 2.24) is 14.3 Å². The predicted molar refractivity (Wildman–Crippen MR) is 130 cm³/mol. The van der Waals surface area contributed by atoms with Crippen LogP contribution in [-0.2, 0) is 18.5 Å². The Morgan fingerprint density at radius 3 is 2.26 bits per heavy atom. The number of hydrogen-bond acceptors (Lipinski definition) is 3. The van der Waals surface area contributed by atoms with Crippen LogP contribution in [0.25, 0.3) is 16.9 Å². The van der Waals surface area contributed by atoms with E-state index in [0.717, 1.165) is 42.2 Å². The molecule has 4 rings (SSSR count). The van der Waals surface area contributed by atoms with E-state index in [1.54, 1.807) is 0 Å². The molecule has 4 aromatic rings. The van der Waals surface area contributed by atoms with E-state index in [9.17, 15) is 0 Å². The van der Waals surface area contributed by atoms with Gasteiger partial charge in [0.25, 0.3) is 0 Å². The number of benzene rings is 2. The molecule has 0 fully saturated rings. The summed E-state index contributed by atoms with van der Waals surface area (Å²) in [5.41, 5.74) is 13.9. The summed E-state index contributed by atoms with van der Waals surface area (Å²) in [5.74, 6) is 0. The van der Waals surface area contributed by atoms with E-state index < -0.39 is 0 Å². The zero-order valence-corrected chi connectivity index (χ0v) is 19.0. The van der Waals surface area contributed by atoms with Crippen molar-refractivity contribution in [2.24, 2.45) is 0 Å². The second-order valence-electron chi connectivity index (χ2n) is 9.21. The zero-order chi connectivity index (χ0) is 22.0. The summed E-state index contributed by atoms with van der Waals surface area (Å²) in [6, 6.07) is 23.4. The molecule has 0 saturated carbocycles. The third-order valence-electron chi connectivity index (χ3n) is 5.83. The molecule has 0 bridgehead atoms. The molecule has 0 atom stereocenters. The van der Waals surface area contributed by atoms with Gasteiger partial charge in [0.05, 0.1) is 11.4 Å². The highest BCUT2D eigenvalue weighted by atomic mass is 15.1. The summed E-state index contributed by atoms with van der Waals surface area (Å²) in [5, 5.41) is 0. The van der Waals surface area contributed by atoms with E-state index in [2.05, 4.69) is 91.6 Å². The van der Waals surface area contributed by atoms with E-state index in [0.29, 0.717) is 0 Å². The summed E-state index contributed by atoms with van der Waals surface area (Å²) in [6.07, 6.45) is 1.99. The molecule has 0 saturated heterocycles. The molecular formula is C27H32N4. The number of anilines is 1. The van der Waals surface area contributed by atoms with E-state index in [1.807, 2.05) is 18.3 Å². The van der Waals surface area contributed by atoms with Crippen molar-refractivity contribution in [1.29, 1.82) is 0 Å². The first-order chi connectivity index (χ1) is 14.8. The number of aromatic nitrogens is 2. The second-order valence-corrected chi connectivity index (χ2v) is 9.21. The van der Waals surface area contributed by atoms with Crippen molar-refractivity contribution in [3.63, 3.8) is 0 Å². The number of nitrogens with zero attached hydrogens (tertiary/aromatic N) is 3. The standard InChI is InChI=1S/C27H32N4/c1-5-30(17-20-9-7-6-8-10-20)19-24-26(29-25-16-15-23(28)18-31(24)25)21-11-13-22(14-12-21)27(2,3)4/h6-16,18H,5,17,19,28H2,1-4H3. The molecule has 0 aliphatic rings.